The van der Waals surface area contributed by atoms with Crippen molar-refractivity contribution in [2.75, 3.05) is 29.5 Å². The molecule has 1 aliphatic rings. The molecule has 18 heavy (non-hydrogen) atoms. The summed E-state index contributed by atoms with van der Waals surface area (Å²) < 4.78 is 24.7. The number of nitrogen functional groups attached to an aromatic ring is 1. The van der Waals surface area contributed by atoms with Crippen LogP contribution in [-0.2, 0) is 11.2 Å². The highest BCUT2D eigenvalue weighted by molar-refractivity contribution is 5.95. The van der Waals surface area contributed by atoms with Gasteiger partial charge in [-0.05, 0) is 24.1 Å². The number of anilines is 3. The minimum atomic E-state index is -2.43. The molecule has 0 saturated heterocycles. The lowest BCUT2D eigenvalue weighted by Crippen LogP contribution is -2.26. The van der Waals surface area contributed by atoms with Gasteiger partial charge in [0.15, 0.2) is 0 Å². The Bertz CT molecular complexity index is 477. The highest BCUT2D eigenvalue weighted by Crippen LogP contribution is 2.32. The van der Waals surface area contributed by atoms with Crippen LogP contribution in [0.1, 0.15) is 12.0 Å². The Morgan fingerprint density at radius 3 is 2.83 bits per heavy atom. The quantitative estimate of drug-likeness (QED) is 0.810. The van der Waals surface area contributed by atoms with E-state index in [0.717, 1.165) is 5.56 Å². The Kier molecular flexibility index (Phi) is 3.36. The molecule has 0 unspecified atom stereocenters. The van der Waals surface area contributed by atoms with Crippen LogP contribution in [0.2, 0.25) is 0 Å². The first-order valence-electron chi connectivity index (χ1n) is 5.69. The summed E-state index contributed by atoms with van der Waals surface area (Å²) in [7, 11) is 1.55. The summed E-state index contributed by atoms with van der Waals surface area (Å²) in [6, 6.07) is 3.40. The van der Waals surface area contributed by atoms with Crippen LogP contribution in [0.25, 0.3) is 0 Å². The van der Waals surface area contributed by atoms with Gasteiger partial charge in [-0.15, -0.1) is 0 Å². The minimum Gasteiger partial charge on any atom is -0.397 e. The van der Waals surface area contributed by atoms with Gasteiger partial charge in [-0.25, -0.2) is 8.78 Å². The van der Waals surface area contributed by atoms with Crippen molar-refractivity contribution in [1.29, 1.82) is 0 Å². The van der Waals surface area contributed by atoms with Crippen molar-refractivity contribution < 1.29 is 13.6 Å². The van der Waals surface area contributed by atoms with Crippen molar-refractivity contribution in [2.24, 2.45) is 0 Å². The summed E-state index contributed by atoms with van der Waals surface area (Å²) in [6.45, 7) is -0.392. The second-order valence-electron chi connectivity index (χ2n) is 4.39. The molecule has 0 aromatic heterocycles. The van der Waals surface area contributed by atoms with E-state index in [2.05, 4.69) is 5.32 Å². The molecule has 0 saturated carbocycles. The highest BCUT2D eigenvalue weighted by atomic mass is 19.3. The number of halogens is 2. The van der Waals surface area contributed by atoms with Crippen LogP contribution in [0, 0.1) is 0 Å². The summed E-state index contributed by atoms with van der Waals surface area (Å²) in [5.74, 6) is -0.0604. The van der Waals surface area contributed by atoms with E-state index < -0.39 is 13.0 Å². The Morgan fingerprint density at radius 2 is 2.17 bits per heavy atom. The Hall–Kier alpha value is -1.85. The van der Waals surface area contributed by atoms with Gasteiger partial charge in [0.1, 0.15) is 0 Å². The number of nitrogens with one attached hydrogen (secondary N) is 1. The summed E-state index contributed by atoms with van der Waals surface area (Å²) in [4.78, 5) is 12.7. The van der Waals surface area contributed by atoms with E-state index in [9.17, 15) is 13.6 Å². The fraction of sp³-hybridized carbons (Fsp3) is 0.417. The van der Waals surface area contributed by atoms with Gasteiger partial charge in [0, 0.05) is 19.2 Å². The van der Waals surface area contributed by atoms with E-state index in [1.165, 1.54) is 4.90 Å². The lowest BCUT2D eigenvalue weighted by Gasteiger charge is -2.24. The Balaban J connectivity index is 2.31. The third kappa shape index (κ3) is 2.52. The lowest BCUT2D eigenvalue weighted by molar-refractivity contribution is -0.116. The molecule has 0 radical (unpaired) electrons. The average molecular weight is 255 g/mol. The van der Waals surface area contributed by atoms with Crippen molar-refractivity contribution in [1.82, 2.24) is 0 Å². The van der Waals surface area contributed by atoms with E-state index in [1.807, 2.05) is 0 Å². The van der Waals surface area contributed by atoms with E-state index in [1.54, 1.807) is 19.2 Å². The van der Waals surface area contributed by atoms with Crippen LogP contribution in [0.3, 0.4) is 0 Å². The zero-order chi connectivity index (χ0) is 13.3. The predicted molar refractivity (Wildman–Crippen MR) is 67.1 cm³/mol. The van der Waals surface area contributed by atoms with E-state index >= 15 is 0 Å². The third-order valence-electron chi connectivity index (χ3n) is 2.97. The fourth-order valence-electron chi connectivity index (χ4n) is 2.07. The van der Waals surface area contributed by atoms with E-state index in [-0.39, 0.29) is 5.91 Å². The molecule has 1 heterocycles. The summed E-state index contributed by atoms with van der Waals surface area (Å²) in [5.41, 5.74) is 8.43. The number of aryl methyl sites for hydroxylation is 1. The van der Waals surface area contributed by atoms with Crippen LogP contribution < -0.4 is 16.0 Å². The van der Waals surface area contributed by atoms with Crippen LogP contribution in [0.4, 0.5) is 25.8 Å². The monoisotopic (exact) mass is 255 g/mol. The molecule has 4 nitrogen and oxygen atoms in total. The molecular weight excluding hydrogens is 240 g/mol. The van der Waals surface area contributed by atoms with E-state index in [0.29, 0.717) is 29.9 Å². The van der Waals surface area contributed by atoms with Gasteiger partial charge in [-0.1, -0.05) is 0 Å². The predicted octanol–water partition coefficient (Wildman–Crippen LogP) is 1.85. The largest absolute Gasteiger partial charge is 0.397 e. The highest BCUT2D eigenvalue weighted by Gasteiger charge is 2.19. The summed E-state index contributed by atoms with van der Waals surface area (Å²) in [5, 5.41) is 2.73. The number of carbonyl (C=O) groups is 1. The van der Waals surface area contributed by atoms with Crippen LogP contribution in [0.15, 0.2) is 12.1 Å². The SMILES string of the molecule is CN(CC(F)F)c1cc2c(cc1N)CCC(=O)N2. The molecule has 2 rings (SSSR count). The number of nitrogens with two attached hydrogens (primary N) is 1. The molecular formula is C12H15F2N3O. The number of nitrogens with zero attached hydrogens (tertiary/aromatic N) is 1. The third-order valence-corrected chi connectivity index (χ3v) is 2.97. The van der Waals surface area contributed by atoms with Crippen LogP contribution in [-0.4, -0.2) is 25.9 Å². The van der Waals surface area contributed by atoms with Gasteiger partial charge in [0.2, 0.25) is 5.91 Å². The molecule has 0 atom stereocenters. The minimum absolute atomic E-state index is 0.0604. The van der Waals surface area contributed by atoms with Crippen molar-refractivity contribution in [3.8, 4) is 0 Å². The maximum Gasteiger partial charge on any atom is 0.255 e. The number of rotatable bonds is 3. The first-order chi connectivity index (χ1) is 8.47. The summed E-state index contributed by atoms with van der Waals surface area (Å²) >= 11 is 0. The van der Waals surface area contributed by atoms with Gasteiger partial charge in [-0.3, -0.25) is 4.79 Å². The molecule has 1 aromatic rings. The molecule has 0 aliphatic carbocycles. The van der Waals surface area contributed by atoms with Gasteiger partial charge in [0.25, 0.3) is 6.43 Å². The van der Waals surface area contributed by atoms with Gasteiger partial charge >= 0.3 is 0 Å². The summed E-state index contributed by atoms with van der Waals surface area (Å²) in [6.07, 6.45) is -1.37. The Morgan fingerprint density at radius 1 is 1.44 bits per heavy atom. The number of alkyl halides is 2. The molecule has 1 aromatic carbocycles. The molecule has 0 fully saturated rings. The van der Waals surface area contributed by atoms with Crippen molar-refractivity contribution >= 4 is 23.0 Å². The molecule has 1 amide bonds. The van der Waals surface area contributed by atoms with Crippen molar-refractivity contribution in [2.45, 2.75) is 19.3 Å². The molecule has 1 aliphatic heterocycles. The first-order valence-corrected chi connectivity index (χ1v) is 5.69. The fourth-order valence-corrected chi connectivity index (χ4v) is 2.07. The molecule has 6 heteroatoms. The first kappa shape index (κ1) is 12.6. The number of hydrogen-bond acceptors (Lipinski definition) is 3. The van der Waals surface area contributed by atoms with E-state index in [4.69, 9.17) is 5.73 Å². The topological polar surface area (TPSA) is 58.4 Å². The second-order valence-corrected chi connectivity index (χ2v) is 4.39. The maximum absolute atomic E-state index is 12.4. The molecule has 0 spiro atoms. The molecule has 0 bridgehead atoms. The number of fused-ring (bicyclic) bond motifs is 1. The standard InChI is InChI=1S/C12H15F2N3O/c1-17(6-11(13)14)10-5-9-7(4-8(10)15)2-3-12(18)16-9/h4-5,11H,2-3,6,15H2,1H3,(H,16,18). The molecule has 3 N–H and O–H groups in total. The van der Waals surface area contributed by atoms with Gasteiger partial charge in [-0.2, -0.15) is 0 Å². The van der Waals surface area contributed by atoms with Gasteiger partial charge < -0.3 is 16.0 Å². The van der Waals surface area contributed by atoms with Crippen LogP contribution >= 0.6 is 0 Å². The number of carbonyl (C=O) groups excluding carboxylic acids is 1. The second kappa shape index (κ2) is 4.80. The smallest absolute Gasteiger partial charge is 0.255 e. The lowest BCUT2D eigenvalue weighted by atomic mass is 10.0. The van der Waals surface area contributed by atoms with Gasteiger partial charge in [0.05, 0.1) is 17.9 Å². The van der Waals surface area contributed by atoms with Crippen LogP contribution in [0.5, 0.6) is 0 Å². The van der Waals surface area contributed by atoms with Crippen molar-refractivity contribution in [3.63, 3.8) is 0 Å². The maximum atomic E-state index is 12.4. The normalized spacial score (nSPS) is 14.3. The molecule has 98 valence electrons. The Labute approximate surface area is 104 Å². The zero-order valence-electron chi connectivity index (χ0n) is 10.0. The number of hydrogen-bond donors (Lipinski definition) is 2. The van der Waals surface area contributed by atoms with Crippen molar-refractivity contribution in [3.05, 3.63) is 17.7 Å². The number of benzene rings is 1. The number of amides is 1. The zero-order valence-corrected chi connectivity index (χ0v) is 10.0. The average Bonchev–Trinajstić information content (AvgIpc) is 2.27.